The number of aromatic nitrogens is 2. The van der Waals surface area contributed by atoms with Crippen LogP contribution in [-0.4, -0.2) is 47.3 Å². The lowest BCUT2D eigenvalue weighted by Gasteiger charge is -2.36. The summed E-state index contributed by atoms with van der Waals surface area (Å²) in [6.45, 7) is 2.04. The number of carbonyl (C=O) groups excluding carboxylic acids is 1. The van der Waals surface area contributed by atoms with Gasteiger partial charge in [0.1, 0.15) is 6.04 Å². The molecule has 1 aromatic heterocycles. The van der Waals surface area contributed by atoms with Crippen LogP contribution < -0.4 is 10.0 Å². The summed E-state index contributed by atoms with van der Waals surface area (Å²) in [4.78, 5) is 22.6. The Balaban J connectivity index is 1.06. The molecule has 0 unspecified atom stereocenters. The molecule has 0 radical (unpaired) electrons. The number of hydrogen-bond donors (Lipinski definition) is 3. The SMILES string of the molecule is Cc1ccc(S(=O)(=O)N[C@H](Cc2ccccc2)C(=O)NCc2ccccc2-c2ccc([C@H]3O[C@@H](CSc4ncccn4)C[C@@H](c4ccc(CO)cc4)O3)cc2)cc1. The maximum absolute atomic E-state index is 13.8. The minimum Gasteiger partial charge on any atom is -0.392 e. The minimum atomic E-state index is -3.98. The Kier molecular flexibility index (Phi) is 13.2. The van der Waals surface area contributed by atoms with Gasteiger partial charge in [-0.3, -0.25) is 4.79 Å². The van der Waals surface area contributed by atoms with E-state index in [1.165, 1.54) is 23.9 Å². The van der Waals surface area contributed by atoms with Gasteiger partial charge in [0, 0.05) is 36.7 Å². The van der Waals surface area contributed by atoms with Crippen molar-refractivity contribution in [1.82, 2.24) is 20.0 Å². The van der Waals surface area contributed by atoms with Crippen LogP contribution in [0.1, 0.15) is 52.2 Å². The van der Waals surface area contributed by atoms with Gasteiger partial charge in [0.2, 0.25) is 15.9 Å². The molecule has 0 saturated carbocycles. The summed E-state index contributed by atoms with van der Waals surface area (Å²) in [6.07, 6.45) is 3.28. The third-order valence-electron chi connectivity index (χ3n) is 9.75. The molecule has 6 aromatic rings. The predicted molar refractivity (Wildman–Crippen MR) is 220 cm³/mol. The number of nitrogens with zero attached hydrogens (tertiary/aromatic N) is 2. The normalized spacial score (nSPS) is 17.5. The molecule has 3 N–H and O–H groups in total. The molecular weight excluding hydrogens is 757 g/mol. The van der Waals surface area contributed by atoms with Crippen LogP contribution in [0.5, 0.6) is 0 Å². The molecular formula is C45H44N4O6S2. The molecule has 0 aliphatic carbocycles. The van der Waals surface area contributed by atoms with E-state index in [0.717, 1.165) is 44.5 Å². The molecule has 2 heterocycles. The van der Waals surface area contributed by atoms with E-state index in [9.17, 15) is 18.3 Å². The zero-order valence-corrected chi connectivity index (χ0v) is 33.0. The van der Waals surface area contributed by atoms with E-state index in [-0.39, 0.29) is 36.7 Å². The zero-order chi connectivity index (χ0) is 39.6. The van der Waals surface area contributed by atoms with E-state index in [0.29, 0.717) is 17.3 Å². The van der Waals surface area contributed by atoms with E-state index in [4.69, 9.17) is 9.47 Å². The highest BCUT2D eigenvalue weighted by Gasteiger charge is 2.33. The molecule has 1 saturated heterocycles. The maximum atomic E-state index is 13.8. The van der Waals surface area contributed by atoms with Crippen LogP contribution in [0.4, 0.5) is 0 Å². The van der Waals surface area contributed by atoms with Crippen LogP contribution in [0.15, 0.2) is 156 Å². The molecule has 1 aliphatic rings. The zero-order valence-electron chi connectivity index (χ0n) is 31.4. The molecule has 12 heteroatoms. The summed E-state index contributed by atoms with van der Waals surface area (Å²) < 4.78 is 42.5. The number of thioether (sulfide) groups is 1. The summed E-state index contributed by atoms with van der Waals surface area (Å²) in [6, 6.07) is 40.3. The number of hydrogen-bond acceptors (Lipinski definition) is 9. The van der Waals surface area contributed by atoms with Gasteiger partial charge in [0.15, 0.2) is 11.4 Å². The number of ether oxygens (including phenoxy) is 2. The Hall–Kier alpha value is -5.21. The van der Waals surface area contributed by atoms with Gasteiger partial charge >= 0.3 is 0 Å². The Bertz CT molecular complexity index is 2330. The molecule has 5 aromatic carbocycles. The average Bonchev–Trinajstić information content (AvgIpc) is 3.25. The Labute approximate surface area is 337 Å². The number of nitrogens with one attached hydrogen (secondary N) is 2. The van der Waals surface area contributed by atoms with Gasteiger partial charge in [0.25, 0.3) is 0 Å². The second-order valence-electron chi connectivity index (χ2n) is 13.9. The second kappa shape index (κ2) is 18.8. The summed E-state index contributed by atoms with van der Waals surface area (Å²) in [5.41, 5.74) is 7.20. The van der Waals surface area contributed by atoms with Gasteiger partial charge < -0.3 is 19.9 Å². The third-order valence-corrected chi connectivity index (χ3v) is 12.2. The van der Waals surface area contributed by atoms with Crippen LogP contribution in [-0.2, 0) is 43.9 Å². The molecule has 1 aliphatic heterocycles. The van der Waals surface area contributed by atoms with Crippen LogP contribution in [0.2, 0.25) is 0 Å². The van der Waals surface area contributed by atoms with Crippen molar-refractivity contribution in [3.8, 4) is 11.1 Å². The maximum Gasteiger partial charge on any atom is 0.241 e. The Morgan fingerprint density at radius 1 is 0.807 bits per heavy atom. The van der Waals surface area contributed by atoms with Crippen molar-refractivity contribution < 1.29 is 27.8 Å². The smallest absolute Gasteiger partial charge is 0.241 e. The number of benzene rings is 5. The fraction of sp³-hybridized carbons (Fsp3) is 0.222. The summed E-state index contributed by atoms with van der Waals surface area (Å²) in [5.74, 6) is 0.213. The van der Waals surface area contributed by atoms with Gasteiger partial charge in [0.05, 0.1) is 23.7 Å². The number of aliphatic hydroxyl groups excluding tert-OH is 1. The van der Waals surface area contributed by atoms with Gasteiger partial charge in [-0.15, -0.1) is 0 Å². The number of carbonyl (C=O) groups is 1. The van der Waals surface area contributed by atoms with Crippen LogP contribution >= 0.6 is 11.8 Å². The molecule has 1 amide bonds. The topological polar surface area (TPSA) is 140 Å². The van der Waals surface area contributed by atoms with E-state index in [1.54, 1.807) is 30.6 Å². The highest BCUT2D eigenvalue weighted by atomic mass is 32.2. The van der Waals surface area contributed by atoms with Gasteiger partial charge in [-0.05, 0) is 64.9 Å². The standard InChI is InChI=1S/C45H44N4O6S2/c1-31-12-22-39(23-13-31)57(52,53)49-41(26-32-8-3-2-4-9-32)43(51)48-28-37-10-5-6-11-40(37)34-18-20-36(21-19-34)44-54-38(30-56-45-46-24-7-25-47-45)27-42(55-44)35-16-14-33(29-50)15-17-35/h2-25,38,41-42,44,49-50H,26-30H2,1H3,(H,48,51)/t38-,41-,42+,44+/m1/s1. The lowest BCUT2D eigenvalue weighted by atomic mass is 9.97. The summed E-state index contributed by atoms with van der Waals surface area (Å²) in [5, 5.41) is 13.3. The highest BCUT2D eigenvalue weighted by Crippen LogP contribution is 2.40. The number of amides is 1. The fourth-order valence-electron chi connectivity index (χ4n) is 6.64. The Morgan fingerprint density at radius 3 is 2.21 bits per heavy atom. The first-order valence-electron chi connectivity index (χ1n) is 18.7. The number of rotatable bonds is 15. The molecule has 0 spiro atoms. The fourth-order valence-corrected chi connectivity index (χ4v) is 8.66. The van der Waals surface area contributed by atoms with E-state index in [2.05, 4.69) is 20.0 Å². The van der Waals surface area contributed by atoms with Crippen molar-refractivity contribution in [2.45, 2.75) is 67.5 Å². The molecule has 10 nitrogen and oxygen atoms in total. The van der Waals surface area contributed by atoms with E-state index in [1.807, 2.05) is 110 Å². The van der Waals surface area contributed by atoms with E-state index >= 15 is 0 Å². The lowest BCUT2D eigenvalue weighted by Crippen LogP contribution is -2.47. The molecule has 4 atom stereocenters. The largest absolute Gasteiger partial charge is 0.392 e. The summed E-state index contributed by atoms with van der Waals surface area (Å²) >= 11 is 1.54. The third kappa shape index (κ3) is 10.6. The van der Waals surface area contributed by atoms with Crippen LogP contribution in [0.3, 0.4) is 0 Å². The van der Waals surface area contributed by atoms with Crippen LogP contribution in [0, 0.1) is 6.92 Å². The monoisotopic (exact) mass is 800 g/mol. The van der Waals surface area contributed by atoms with Gasteiger partial charge in [-0.25, -0.2) is 18.4 Å². The van der Waals surface area contributed by atoms with Crippen molar-refractivity contribution >= 4 is 27.7 Å². The molecule has 1 fully saturated rings. The van der Waals surface area contributed by atoms with Crippen molar-refractivity contribution in [2.24, 2.45) is 0 Å². The first kappa shape index (κ1) is 40.0. The van der Waals surface area contributed by atoms with Crippen molar-refractivity contribution in [2.75, 3.05) is 5.75 Å². The van der Waals surface area contributed by atoms with Gasteiger partial charge in [-0.2, -0.15) is 4.72 Å². The Morgan fingerprint density at radius 2 is 1.49 bits per heavy atom. The number of aryl methyl sites for hydroxylation is 1. The minimum absolute atomic E-state index is 0.0272. The highest BCUT2D eigenvalue weighted by molar-refractivity contribution is 7.99. The predicted octanol–water partition coefficient (Wildman–Crippen LogP) is 7.49. The molecule has 0 bridgehead atoms. The van der Waals surface area contributed by atoms with E-state index < -0.39 is 28.3 Å². The number of sulfonamides is 1. The second-order valence-corrected chi connectivity index (χ2v) is 16.6. The quantitative estimate of drug-likeness (QED) is 0.0713. The summed E-state index contributed by atoms with van der Waals surface area (Å²) in [7, 11) is -3.98. The van der Waals surface area contributed by atoms with Crippen molar-refractivity contribution in [3.05, 3.63) is 179 Å². The van der Waals surface area contributed by atoms with Gasteiger partial charge in [-0.1, -0.05) is 133 Å². The number of aliphatic hydroxyl groups is 1. The van der Waals surface area contributed by atoms with Crippen molar-refractivity contribution in [3.63, 3.8) is 0 Å². The van der Waals surface area contributed by atoms with Crippen molar-refractivity contribution in [1.29, 1.82) is 0 Å². The first-order valence-corrected chi connectivity index (χ1v) is 21.2. The van der Waals surface area contributed by atoms with Crippen LogP contribution in [0.25, 0.3) is 11.1 Å². The molecule has 7 rings (SSSR count). The lowest BCUT2D eigenvalue weighted by molar-refractivity contribution is -0.245. The first-order chi connectivity index (χ1) is 27.7. The molecule has 292 valence electrons. The average molecular weight is 801 g/mol. The molecule has 57 heavy (non-hydrogen) atoms.